The van der Waals surface area contributed by atoms with E-state index in [0.29, 0.717) is 5.75 Å². The molecule has 1 aliphatic heterocycles. The minimum Gasteiger partial charge on any atom is -0.507 e. The lowest BCUT2D eigenvalue weighted by Crippen LogP contribution is -2.29. The Morgan fingerprint density at radius 1 is 1.12 bits per heavy atom. The second-order valence-electron chi connectivity index (χ2n) is 7.32. The number of rotatable bonds is 5. The second-order valence-corrected chi connectivity index (χ2v) is 8.30. The quantitative estimate of drug-likeness (QED) is 0.253. The van der Waals surface area contributed by atoms with Crippen LogP contribution in [0.2, 0.25) is 0 Å². The molecule has 1 amide bonds. The number of thiazole rings is 1. The predicted octanol–water partition coefficient (Wildman–Crippen LogP) is 4.01. The third-order valence-corrected chi connectivity index (χ3v) is 6.51. The summed E-state index contributed by atoms with van der Waals surface area (Å²) in [5.74, 6) is -3.29. The Kier molecular flexibility index (Phi) is 6.16. The number of methoxy groups -OCH3 is 2. The zero-order chi connectivity index (χ0) is 24.6. The van der Waals surface area contributed by atoms with Crippen LogP contribution >= 0.6 is 11.3 Å². The van der Waals surface area contributed by atoms with Gasteiger partial charge in [0.2, 0.25) is 0 Å². The highest BCUT2D eigenvalue weighted by Crippen LogP contribution is 2.44. The van der Waals surface area contributed by atoms with Gasteiger partial charge in [-0.25, -0.2) is 14.2 Å². The maximum Gasteiger partial charge on any atom is 0.350 e. The molecule has 0 aliphatic carbocycles. The molecule has 0 spiro atoms. The van der Waals surface area contributed by atoms with Crippen molar-refractivity contribution in [1.29, 1.82) is 0 Å². The summed E-state index contributed by atoms with van der Waals surface area (Å²) in [7, 11) is 2.69. The number of carbonyl (C=O) groups excluding carboxylic acids is 3. The highest BCUT2D eigenvalue weighted by molar-refractivity contribution is 7.17. The molecule has 3 aromatic rings. The van der Waals surface area contributed by atoms with Crippen molar-refractivity contribution in [3.63, 3.8) is 0 Å². The van der Waals surface area contributed by atoms with Gasteiger partial charge in [0, 0.05) is 11.1 Å². The van der Waals surface area contributed by atoms with Crippen LogP contribution < -0.4 is 9.64 Å². The summed E-state index contributed by atoms with van der Waals surface area (Å²) in [6, 6.07) is 10.5. The summed E-state index contributed by atoms with van der Waals surface area (Å²) in [6.45, 7) is 1.55. The maximum atomic E-state index is 14.9. The predicted molar refractivity (Wildman–Crippen MR) is 122 cm³/mol. The molecule has 10 heteroatoms. The number of halogens is 1. The number of hydrogen-bond acceptors (Lipinski definition) is 8. The zero-order valence-electron chi connectivity index (χ0n) is 18.4. The van der Waals surface area contributed by atoms with Crippen molar-refractivity contribution in [2.24, 2.45) is 0 Å². The summed E-state index contributed by atoms with van der Waals surface area (Å²) >= 11 is 0.838. The lowest BCUT2D eigenvalue weighted by Gasteiger charge is -2.23. The minimum absolute atomic E-state index is 0.00188. The Labute approximate surface area is 197 Å². The van der Waals surface area contributed by atoms with E-state index < -0.39 is 35.3 Å². The van der Waals surface area contributed by atoms with Gasteiger partial charge in [-0.2, -0.15) is 0 Å². The van der Waals surface area contributed by atoms with Crippen LogP contribution in [0, 0.1) is 12.7 Å². The third kappa shape index (κ3) is 3.81. The molecule has 2 aromatic carbocycles. The van der Waals surface area contributed by atoms with Gasteiger partial charge in [-0.15, -0.1) is 0 Å². The number of carbonyl (C=O) groups is 3. The number of hydrogen-bond donors (Lipinski definition) is 1. The van der Waals surface area contributed by atoms with Crippen molar-refractivity contribution >= 4 is 39.9 Å². The summed E-state index contributed by atoms with van der Waals surface area (Å²) in [4.78, 5) is 43.8. The highest BCUT2D eigenvalue weighted by atomic mass is 32.1. The van der Waals surface area contributed by atoms with E-state index in [1.165, 1.54) is 44.6 Å². The zero-order valence-corrected chi connectivity index (χ0v) is 19.2. The lowest BCUT2D eigenvalue weighted by molar-refractivity contribution is -0.132. The Balaban J connectivity index is 1.94. The molecule has 8 nitrogen and oxygen atoms in total. The fourth-order valence-corrected chi connectivity index (χ4v) is 4.70. The number of benzene rings is 2. The smallest absolute Gasteiger partial charge is 0.350 e. The summed E-state index contributed by atoms with van der Waals surface area (Å²) in [5.41, 5.74) is 0.221. The standard InChI is InChI=1S/C24H19FN2O6S/c1-12-21(23(31)33-3)34-24(26-12)27-18(15-6-4-5-7-16(15)25)17(20(29)22(27)30)19(28)13-8-10-14(32-2)11-9-13/h4-11,18,28H,1-3H3/t18-/m1/s1. The minimum atomic E-state index is -1.31. The molecule has 1 aromatic heterocycles. The first-order valence-corrected chi connectivity index (χ1v) is 10.9. The molecule has 1 saturated heterocycles. The molecule has 4 rings (SSSR count). The SMILES string of the molecule is COC(=O)c1sc(N2C(=O)C(=O)C(=C(O)c3ccc(OC)cc3)[C@H]2c2ccccc2F)nc1C. The van der Waals surface area contributed by atoms with E-state index in [1.807, 2.05) is 0 Å². The van der Waals surface area contributed by atoms with Crippen LogP contribution in [0.3, 0.4) is 0 Å². The van der Waals surface area contributed by atoms with E-state index in [0.717, 1.165) is 16.2 Å². The van der Waals surface area contributed by atoms with Gasteiger partial charge in [0.15, 0.2) is 5.13 Å². The summed E-state index contributed by atoms with van der Waals surface area (Å²) in [5, 5.41) is 11.1. The summed E-state index contributed by atoms with van der Waals surface area (Å²) in [6.07, 6.45) is 0. The van der Waals surface area contributed by atoms with Crippen molar-refractivity contribution in [3.8, 4) is 5.75 Å². The van der Waals surface area contributed by atoms with E-state index in [9.17, 15) is 23.9 Å². The number of esters is 1. The molecular formula is C24H19FN2O6S. The largest absolute Gasteiger partial charge is 0.507 e. The van der Waals surface area contributed by atoms with Gasteiger partial charge in [-0.3, -0.25) is 14.5 Å². The second kappa shape index (κ2) is 9.06. The van der Waals surface area contributed by atoms with Gasteiger partial charge in [-0.05, 0) is 37.3 Å². The van der Waals surface area contributed by atoms with E-state index >= 15 is 0 Å². The number of aryl methyl sites for hydroxylation is 1. The van der Waals surface area contributed by atoms with Gasteiger partial charge in [-0.1, -0.05) is 29.5 Å². The highest BCUT2D eigenvalue weighted by Gasteiger charge is 2.49. The molecule has 1 aliphatic rings. The summed E-state index contributed by atoms with van der Waals surface area (Å²) < 4.78 is 24.8. The van der Waals surface area contributed by atoms with Gasteiger partial charge >= 0.3 is 11.9 Å². The number of amides is 1. The Morgan fingerprint density at radius 2 is 1.79 bits per heavy atom. The molecule has 0 radical (unpaired) electrons. The number of ketones is 1. The molecule has 0 saturated carbocycles. The van der Waals surface area contributed by atoms with E-state index in [4.69, 9.17) is 9.47 Å². The lowest BCUT2D eigenvalue weighted by atomic mass is 9.95. The fourth-order valence-electron chi connectivity index (χ4n) is 3.69. The van der Waals surface area contributed by atoms with Gasteiger partial charge in [0.25, 0.3) is 5.78 Å². The average molecular weight is 482 g/mol. The molecule has 34 heavy (non-hydrogen) atoms. The Hall–Kier alpha value is -4.05. The molecule has 0 bridgehead atoms. The van der Waals surface area contributed by atoms with E-state index in [1.54, 1.807) is 25.1 Å². The monoisotopic (exact) mass is 482 g/mol. The van der Waals surface area contributed by atoms with Crippen molar-refractivity contribution in [2.75, 3.05) is 19.1 Å². The van der Waals surface area contributed by atoms with E-state index in [-0.39, 0.29) is 32.4 Å². The van der Waals surface area contributed by atoms with Crippen LogP contribution in [0.25, 0.3) is 5.76 Å². The first kappa shape index (κ1) is 23.1. The van der Waals surface area contributed by atoms with Crippen LogP contribution in [-0.4, -0.2) is 42.0 Å². The van der Waals surface area contributed by atoms with Crippen LogP contribution in [0.5, 0.6) is 5.75 Å². The van der Waals surface area contributed by atoms with Crippen LogP contribution in [0.15, 0.2) is 54.1 Å². The maximum absolute atomic E-state index is 14.9. The number of Topliss-reactive ketones (excluding diaryl/α,β-unsaturated/α-hetero) is 1. The van der Waals surface area contributed by atoms with Gasteiger partial charge in [0.05, 0.1) is 25.5 Å². The van der Waals surface area contributed by atoms with Gasteiger partial charge < -0.3 is 14.6 Å². The average Bonchev–Trinajstić information content (AvgIpc) is 3.35. The molecule has 1 N–H and O–H groups in total. The van der Waals surface area contributed by atoms with E-state index in [2.05, 4.69) is 4.98 Å². The first-order valence-electron chi connectivity index (χ1n) is 10.0. The third-order valence-electron chi connectivity index (χ3n) is 5.37. The number of anilines is 1. The van der Waals surface area contributed by atoms with Crippen LogP contribution in [0.4, 0.5) is 9.52 Å². The topological polar surface area (TPSA) is 106 Å². The molecular weight excluding hydrogens is 463 g/mol. The number of ether oxygens (including phenoxy) is 2. The number of aliphatic hydroxyl groups excluding tert-OH is 1. The molecule has 174 valence electrons. The van der Waals surface area contributed by atoms with Crippen molar-refractivity contribution in [3.05, 3.63) is 81.6 Å². The van der Waals surface area contributed by atoms with Crippen LogP contribution in [0.1, 0.15) is 32.5 Å². The molecule has 2 heterocycles. The first-order chi connectivity index (χ1) is 16.3. The normalized spacial score (nSPS) is 17.2. The van der Waals surface area contributed by atoms with Crippen molar-refractivity contribution in [1.82, 2.24) is 4.98 Å². The Morgan fingerprint density at radius 3 is 2.41 bits per heavy atom. The molecule has 1 atom stereocenters. The molecule has 0 unspecified atom stereocenters. The van der Waals surface area contributed by atoms with Gasteiger partial charge in [0.1, 0.15) is 28.2 Å². The number of nitrogens with zero attached hydrogens (tertiary/aromatic N) is 2. The number of aliphatic hydroxyl groups is 1. The van der Waals surface area contributed by atoms with Crippen molar-refractivity contribution < 1.29 is 33.4 Å². The fraction of sp³-hybridized carbons (Fsp3) is 0.167. The van der Waals surface area contributed by atoms with Crippen molar-refractivity contribution in [2.45, 2.75) is 13.0 Å². The molecule has 1 fully saturated rings. The van der Waals surface area contributed by atoms with Crippen LogP contribution in [-0.2, 0) is 14.3 Å². The number of aromatic nitrogens is 1. The Bertz CT molecular complexity index is 1330.